The topological polar surface area (TPSA) is 78.0 Å². The zero-order valence-electron chi connectivity index (χ0n) is 9.89. The smallest absolute Gasteiger partial charge is 0.252 e. The Morgan fingerprint density at radius 3 is 2.78 bits per heavy atom. The van der Waals surface area contributed by atoms with E-state index in [4.69, 9.17) is 5.11 Å². The highest BCUT2D eigenvalue weighted by Crippen LogP contribution is 2.15. The number of benzene rings is 1. The maximum Gasteiger partial charge on any atom is 0.252 e. The first-order valence-corrected chi connectivity index (χ1v) is 5.81. The van der Waals surface area contributed by atoms with E-state index in [2.05, 4.69) is 15.3 Å². The number of aromatic nitrogens is 2. The number of aliphatic hydroxyl groups excluding tert-OH is 1. The summed E-state index contributed by atoms with van der Waals surface area (Å²) >= 11 is 0. The number of aliphatic hydroxyl groups is 1. The average molecular weight is 245 g/mol. The number of rotatable bonds is 5. The molecule has 5 nitrogen and oxygen atoms in total. The van der Waals surface area contributed by atoms with Crippen molar-refractivity contribution in [2.75, 3.05) is 18.5 Å². The van der Waals surface area contributed by atoms with Crippen LogP contribution in [0.3, 0.4) is 0 Å². The van der Waals surface area contributed by atoms with Gasteiger partial charge in [0.2, 0.25) is 5.95 Å². The molecule has 0 amide bonds. The van der Waals surface area contributed by atoms with E-state index in [0.29, 0.717) is 24.6 Å². The van der Waals surface area contributed by atoms with E-state index in [1.54, 1.807) is 0 Å². The van der Waals surface area contributed by atoms with Gasteiger partial charge in [0.15, 0.2) is 0 Å². The molecule has 1 aromatic carbocycles. The highest BCUT2D eigenvalue weighted by Gasteiger charge is 2.02. The predicted octanol–water partition coefficient (Wildman–Crippen LogP) is 1.23. The van der Waals surface area contributed by atoms with Crippen LogP contribution >= 0.6 is 0 Å². The monoisotopic (exact) mass is 245 g/mol. The van der Waals surface area contributed by atoms with Crippen LogP contribution in [-0.2, 0) is 0 Å². The number of anilines is 1. The lowest BCUT2D eigenvalue weighted by Crippen LogP contribution is -2.14. The molecule has 3 N–H and O–H groups in total. The van der Waals surface area contributed by atoms with Crippen molar-refractivity contribution in [3.8, 4) is 11.3 Å². The van der Waals surface area contributed by atoms with Crippen LogP contribution < -0.4 is 10.9 Å². The number of nitrogens with one attached hydrogen (secondary N) is 2. The zero-order chi connectivity index (χ0) is 12.8. The number of H-pyrrole nitrogens is 1. The summed E-state index contributed by atoms with van der Waals surface area (Å²) in [4.78, 5) is 18.5. The molecule has 0 unspecified atom stereocenters. The Kier molecular flexibility index (Phi) is 4.09. The number of hydrogen-bond acceptors (Lipinski definition) is 4. The fourth-order valence-corrected chi connectivity index (χ4v) is 1.58. The van der Waals surface area contributed by atoms with Crippen molar-refractivity contribution < 1.29 is 5.11 Å². The summed E-state index contributed by atoms with van der Waals surface area (Å²) in [6.45, 7) is 0.674. The van der Waals surface area contributed by atoms with Gasteiger partial charge >= 0.3 is 0 Å². The van der Waals surface area contributed by atoms with Crippen LogP contribution in [0.25, 0.3) is 11.3 Å². The van der Waals surface area contributed by atoms with Gasteiger partial charge in [-0.25, -0.2) is 4.98 Å². The Bertz CT molecular complexity index is 552. The molecule has 1 heterocycles. The van der Waals surface area contributed by atoms with Gasteiger partial charge in [-0.3, -0.25) is 9.78 Å². The van der Waals surface area contributed by atoms with E-state index < -0.39 is 0 Å². The van der Waals surface area contributed by atoms with Crippen molar-refractivity contribution in [3.63, 3.8) is 0 Å². The van der Waals surface area contributed by atoms with Crippen molar-refractivity contribution in [2.24, 2.45) is 0 Å². The summed E-state index contributed by atoms with van der Waals surface area (Å²) in [6, 6.07) is 11.0. The van der Waals surface area contributed by atoms with E-state index in [0.717, 1.165) is 5.56 Å². The average Bonchev–Trinajstić information content (AvgIpc) is 2.39. The zero-order valence-corrected chi connectivity index (χ0v) is 9.89. The van der Waals surface area contributed by atoms with E-state index in [-0.39, 0.29) is 12.2 Å². The summed E-state index contributed by atoms with van der Waals surface area (Å²) in [7, 11) is 0. The SMILES string of the molecule is O=c1cc(-c2ccccc2)nc(NCCCO)[nH]1. The van der Waals surface area contributed by atoms with Crippen LogP contribution in [-0.4, -0.2) is 28.2 Å². The van der Waals surface area contributed by atoms with Gasteiger partial charge in [0.05, 0.1) is 5.69 Å². The highest BCUT2D eigenvalue weighted by atomic mass is 16.3. The lowest BCUT2D eigenvalue weighted by molar-refractivity contribution is 0.292. The Labute approximate surface area is 105 Å². The molecule has 0 fully saturated rings. The molecule has 0 spiro atoms. The first-order valence-electron chi connectivity index (χ1n) is 5.81. The molecule has 5 heteroatoms. The van der Waals surface area contributed by atoms with Gasteiger partial charge in [-0.15, -0.1) is 0 Å². The van der Waals surface area contributed by atoms with Crippen LogP contribution in [0.4, 0.5) is 5.95 Å². The van der Waals surface area contributed by atoms with Gasteiger partial charge in [-0.05, 0) is 6.42 Å². The summed E-state index contributed by atoms with van der Waals surface area (Å²) in [5.74, 6) is 0.426. The summed E-state index contributed by atoms with van der Waals surface area (Å²) in [5, 5.41) is 11.7. The normalized spacial score (nSPS) is 10.3. The second kappa shape index (κ2) is 5.97. The maximum atomic E-state index is 11.5. The molecule has 0 aliphatic carbocycles. The minimum atomic E-state index is -0.199. The third-order valence-electron chi connectivity index (χ3n) is 2.44. The first-order chi connectivity index (χ1) is 8.79. The molecule has 94 valence electrons. The maximum absolute atomic E-state index is 11.5. The van der Waals surface area contributed by atoms with Crippen LogP contribution in [0.5, 0.6) is 0 Å². The van der Waals surface area contributed by atoms with E-state index in [9.17, 15) is 4.79 Å². The molecule has 0 bridgehead atoms. The van der Waals surface area contributed by atoms with Crippen LogP contribution in [0.15, 0.2) is 41.2 Å². The summed E-state index contributed by atoms with van der Waals surface area (Å²) in [5.41, 5.74) is 1.33. The third kappa shape index (κ3) is 3.18. The number of hydrogen-bond donors (Lipinski definition) is 3. The molecule has 18 heavy (non-hydrogen) atoms. The third-order valence-corrected chi connectivity index (χ3v) is 2.44. The van der Waals surface area contributed by atoms with Crippen molar-refractivity contribution in [2.45, 2.75) is 6.42 Å². The molecule has 0 aliphatic heterocycles. The van der Waals surface area contributed by atoms with Crippen LogP contribution in [0.2, 0.25) is 0 Å². The minimum Gasteiger partial charge on any atom is -0.396 e. The molecular formula is C13H15N3O2. The van der Waals surface area contributed by atoms with Crippen molar-refractivity contribution >= 4 is 5.95 Å². The lowest BCUT2D eigenvalue weighted by atomic mass is 10.1. The van der Waals surface area contributed by atoms with E-state index in [1.807, 2.05) is 30.3 Å². The van der Waals surface area contributed by atoms with E-state index in [1.165, 1.54) is 6.07 Å². The fraction of sp³-hybridized carbons (Fsp3) is 0.231. The molecule has 2 aromatic rings. The predicted molar refractivity (Wildman–Crippen MR) is 70.5 cm³/mol. The van der Waals surface area contributed by atoms with Crippen LogP contribution in [0, 0.1) is 0 Å². The van der Waals surface area contributed by atoms with Gasteiger partial charge in [-0.2, -0.15) is 0 Å². The van der Waals surface area contributed by atoms with Gasteiger partial charge < -0.3 is 10.4 Å². The Morgan fingerprint density at radius 1 is 1.28 bits per heavy atom. The molecule has 0 aliphatic rings. The molecule has 0 atom stereocenters. The van der Waals surface area contributed by atoms with Crippen molar-refractivity contribution in [1.29, 1.82) is 0 Å². The molecule has 2 rings (SSSR count). The Hall–Kier alpha value is -2.14. The quantitative estimate of drug-likeness (QED) is 0.692. The van der Waals surface area contributed by atoms with Gasteiger partial charge in [0.25, 0.3) is 5.56 Å². The molecule has 0 radical (unpaired) electrons. The lowest BCUT2D eigenvalue weighted by Gasteiger charge is -2.06. The molecular weight excluding hydrogens is 230 g/mol. The first kappa shape index (κ1) is 12.3. The van der Waals surface area contributed by atoms with Crippen molar-refractivity contribution in [1.82, 2.24) is 9.97 Å². The summed E-state index contributed by atoms with van der Waals surface area (Å²) < 4.78 is 0. The Morgan fingerprint density at radius 2 is 2.06 bits per heavy atom. The standard InChI is InChI=1S/C13H15N3O2/c17-8-4-7-14-13-15-11(9-12(18)16-13)10-5-2-1-3-6-10/h1-3,5-6,9,17H,4,7-8H2,(H2,14,15,16,18). The van der Waals surface area contributed by atoms with Gasteiger partial charge in [0.1, 0.15) is 0 Å². The summed E-state index contributed by atoms with van der Waals surface area (Å²) in [6.07, 6.45) is 0.610. The Balaban J connectivity index is 2.24. The number of aromatic amines is 1. The van der Waals surface area contributed by atoms with Crippen LogP contribution in [0.1, 0.15) is 6.42 Å². The van der Waals surface area contributed by atoms with Gasteiger partial charge in [-0.1, -0.05) is 30.3 Å². The molecule has 1 aromatic heterocycles. The second-order valence-electron chi connectivity index (χ2n) is 3.85. The van der Waals surface area contributed by atoms with E-state index >= 15 is 0 Å². The fourth-order valence-electron chi connectivity index (χ4n) is 1.58. The van der Waals surface area contributed by atoms with Gasteiger partial charge in [0, 0.05) is 24.8 Å². The molecule has 0 saturated heterocycles. The molecule has 0 saturated carbocycles. The second-order valence-corrected chi connectivity index (χ2v) is 3.85. The van der Waals surface area contributed by atoms with Crippen molar-refractivity contribution in [3.05, 3.63) is 46.8 Å². The largest absolute Gasteiger partial charge is 0.396 e. The highest BCUT2D eigenvalue weighted by molar-refractivity contribution is 5.59. The minimum absolute atomic E-state index is 0.107. The number of nitrogens with zero attached hydrogens (tertiary/aromatic N) is 1.